The summed E-state index contributed by atoms with van der Waals surface area (Å²) in [6, 6.07) is 18.6. The quantitative estimate of drug-likeness (QED) is 0.570. The van der Waals surface area contributed by atoms with Gasteiger partial charge in [0, 0.05) is 18.7 Å². The zero-order valence-corrected chi connectivity index (χ0v) is 18.3. The van der Waals surface area contributed by atoms with Crippen molar-refractivity contribution < 1.29 is 17.9 Å². The molecule has 3 aromatic carbocycles. The number of ether oxygens (including phenoxy) is 1. The largest absolute Gasteiger partial charge is 0.492 e. The molecule has 1 aliphatic rings. The number of hydrogen-bond acceptors (Lipinski definition) is 4. The Hall–Kier alpha value is -2.90. The monoisotopic (exact) mass is 438 g/mol. The van der Waals surface area contributed by atoms with Gasteiger partial charge in [0.05, 0.1) is 11.4 Å². The van der Waals surface area contributed by atoms with Crippen molar-refractivity contribution in [3.63, 3.8) is 0 Å². The third-order valence-corrected chi connectivity index (χ3v) is 7.43. The molecule has 1 heterocycles. The lowest BCUT2D eigenvalue weighted by atomic mass is 10.1. The average Bonchev–Trinajstić information content (AvgIpc) is 3.32. The minimum absolute atomic E-state index is 0.164. The Bertz CT molecular complexity index is 1200. The van der Waals surface area contributed by atoms with Crippen LogP contribution in [0.15, 0.2) is 65.6 Å². The van der Waals surface area contributed by atoms with Gasteiger partial charge in [0.25, 0.3) is 5.91 Å². The fraction of sp³-hybridized carbons (Fsp3) is 0.292. The number of benzene rings is 3. The van der Waals surface area contributed by atoms with E-state index in [0.29, 0.717) is 31.8 Å². The van der Waals surface area contributed by atoms with Crippen molar-refractivity contribution in [1.82, 2.24) is 9.62 Å². The minimum Gasteiger partial charge on any atom is -0.492 e. The molecule has 0 saturated carbocycles. The van der Waals surface area contributed by atoms with Gasteiger partial charge in [-0.2, -0.15) is 4.31 Å². The van der Waals surface area contributed by atoms with E-state index >= 15 is 0 Å². The van der Waals surface area contributed by atoms with Crippen LogP contribution in [0.2, 0.25) is 0 Å². The van der Waals surface area contributed by atoms with Crippen LogP contribution in [0.1, 0.15) is 28.8 Å². The molecule has 1 N–H and O–H groups in total. The molecule has 31 heavy (non-hydrogen) atoms. The van der Waals surface area contributed by atoms with Crippen LogP contribution < -0.4 is 10.1 Å². The highest BCUT2D eigenvalue weighted by Crippen LogP contribution is 2.23. The van der Waals surface area contributed by atoms with Gasteiger partial charge >= 0.3 is 0 Å². The van der Waals surface area contributed by atoms with Gasteiger partial charge in [-0.25, -0.2) is 8.42 Å². The van der Waals surface area contributed by atoms with Crippen LogP contribution in [0, 0.1) is 6.92 Å². The lowest BCUT2D eigenvalue weighted by Gasteiger charge is -2.17. The Kier molecular flexibility index (Phi) is 6.25. The molecule has 0 bridgehead atoms. The summed E-state index contributed by atoms with van der Waals surface area (Å²) in [7, 11) is -3.56. The van der Waals surface area contributed by atoms with Gasteiger partial charge in [-0.15, -0.1) is 0 Å². The molecule has 1 amide bonds. The second kappa shape index (κ2) is 9.08. The molecule has 162 valence electrons. The van der Waals surface area contributed by atoms with Crippen molar-refractivity contribution in [1.29, 1.82) is 0 Å². The van der Waals surface area contributed by atoms with E-state index in [-0.39, 0.29) is 10.8 Å². The van der Waals surface area contributed by atoms with Crippen LogP contribution in [0.5, 0.6) is 5.75 Å². The molecule has 6 nitrogen and oxygen atoms in total. The van der Waals surface area contributed by atoms with E-state index in [4.69, 9.17) is 4.74 Å². The summed E-state index contributed by atoms with van der Waals surface area (Å²) in [6.07, 6.45) is 1.74. The summed E-state index contributed by atoms with van der Waals surface area (Å²) in [5.41, 5.74) is 1.10. The number of rotatable bonds is 7. The molecule has 3 aromatic rings. The molecule has 0 unspecified atom stereocenters. The molecule has 1 fully saturated rings. The SMILES string of the molecule is Cc1ccc(S(=O)(=O)N2CCCC2)cc1C(=O)NCCOc1ccc2ccccc2c1. The van der Waals surface area contributed by atoms with Gasteiger partial charge in [-0.3, -0.25) is 4.79 Å². The number of fused-ring (bicyclic) bond motifs is 1. The van der Waals surface area contributed by atoms with Crippen molar-refractivity contribution in [3.05, 3.63) is 71.8 Å². The lowest BCUT2D eigenvalue weighted by molar-refractivity contribution is 0.0946. The number of aryl methyl sites for hydroxylation is 1. The minimum atomic E-state index is -3.56. The highest BCUT2D eigenvalue weighted by atomic mass is 32.2. The summed E-state index contributed by atoms with van der Waals surface area (Å²) in [5, 5.41) is 5.06. The van der Waals surface area contributed by atoms with Crippen LogP contribution in [0.3, 0.4) is 0 Å². The highest BCUT2D eigenvalue weighted by Gasteiger charge is 2.28. The van der Waals surface area contributed by atoms with Crippen molar-refractivity contribution in [2.24, 2.45) is 0 Å². The summed E-state index contributed by atoms with van der Waals surface area (Å²) in [6.45, 7) is 3.49. The fourth-order valence-electron chi connectivity index (χ4n) is 3.77. The molecule has 0 radical (unpaired) electrons. The van der Waals surface area contributed by atoms with Crippen LogP contribution in [-0.4, -0.2) is 44.9 Å². The van der Waals surface area contributed by atoms with E-state index < -0.39 is 10.0 Å². The van der Waals surface area contributed by atoms with E-state index in [1.807, 2.05) is 42.5 Å². The predicted octanol–water partition coefficient (Wildman–Crippen LogP) is 3.74. The first kappa shape index (κ1) is 21.3. The van der Waals surface area contributed by atoms with Gasteiger partial charge in [0.2, 0.25) is 10.0 Å². The summed E-state index contributed by atoms with van der Waals surface area (Å²) >= 11 is 0. The number of carbonyl (C=O) groups excluding carboxylic acids is 1. The molecule has 4 rings (SSSR count). The van der Waals surface area contributed by atoms with Gasteiger partial charge in [0.1, 0.15) is 12.4 Å². The molecule has 0 aromatic heterocycles. The van der Waals surface area contributed by atoms with E-state index in [1.54, 1.807) is 19.1 Å². The third kappa shape index (κ3) is 4.73. The van der Waals surface area contributed by atoms with Gasteiger partial charge in [-0.05, 0) is 60.4 Å². The van der Waals surface area contributed by atoms with Crippen LogP contribution in [0.4, 0.5) is 0 Å². The fourth-order valence-corrected chi connectivity index (χ4v) is 5.31. The lowest BCUT2D eigenvalue weighted by Crippen LogP contribution is -2.30. The number of nitrogens with zero attached hydrogens (tertiary/aromatic N) is 1. The van der Waals surface area contributed by atoms with Crippen molar-refractivity contribution in [2.45, 2.75) is 24.7 Å². The van der Waals surface area contributed by atoms with E-state index in [0.717, 1.165) is 34.9 Å². The Morgan fingerprint density at radius 2 is 1.74 bits per heavy atom. The molecule has 1 aliphatic heterocycles. The summed E-state index contributed by atoms with van der Waals surface area (Å²) < 4.78 is 32.9. The summed E-state index contributed by atoms with van der Waals surface area (Å²) in [5.74, 6) is 0.431. The second-order valence-electron chi connectivity index (χ2n) is 7.70. The molecule has 7 heteroatoms. The molecule has 0 spiro atoms. The highest BCUT2D eigenvalue weighted by molar-refractivity contribution is 7.89. The van der Waals surface area contributed by atoms with Gasteiger partial charge in [0.15, 0.2) is 0 Å². The Morgan fingerprint density at radius 1 is 1.00 bits per heavy atom. The normalized spacial score (nSPS) is 14.6. The zero-order valence-electron chi connectivity index (χ0n) is 17.5. The van der Waals surface area contributed by atoms with Gasteiger partial charge < -0.3 is 10.1 Å². The molecule has 0 atom stereocenters. The maximum absolute atomic E-state index is 12.8. The second-order valence-corrected chi connectivity index (χ2v) is 9.64. The first-order valence-corrected chi connectivity index (χ1v) is 11.9. The topological polar surface area (TPSA) is 75.7 Å². The number of amides is 1. The maximum Gasteiger partial charge on any atom is 0.251 e. The Labute approximate surface area is 182 Å². The molecule has 0 aliphatic carbocycles. The Balaban J connectivity index is 1.37. The van der Waals surface area contributed by atoms with Crippen molar-refractivity contribution in [2.75, 3.05) is 26.2 Å². The van der Waals surface area contributed by atoms with Crippen molar-refractivity contribution >= 4 is 26.7 Å². The van der Waals surface area contributed by atoms with Crippen LogP contribution >= 0.6 is 0 Å². The number of hydrogen-bond donors (Lipinski definition) is 1. The summed E-state index contributed by atoms with van der Waals surface area (Å²) in [4.78, 5) is 12.8. The first-order valence-electron chi connectivity index (χ1n) is 10.5. The number of nitrogens with one attached hydrogen (secondary N) is 1. The maximum atomic E-state index is 12.8. The smallest absolute Gasteiger partial charge is 0.251 e. The zero-order chi connectivity index (χ0) is 21.8. The average molecular weight is 439 g/mol. The Morgan fingerprint density at radius 3 is 2.52 bits per heavy atom. The predicted molar refractivity (Wildman–Crippen MR) is 121 cm³/mol. The van der Waals surface area contributed by atoms with E-state index in [1.165, 1.54) is 10.4 Å². The molecular formula is C24H26N2O4S. The van der Waals surface area contributed by atoms with Crippen LogP contribution in [-0.2, 0) is 10.0 Å². The molecule has 1 saturated heterocycles. The van der Waals surface area contributed by atoms with Crippen molar-refractivity contribution in [3.8, 4) is 5.75 Å². The van der Waals surface area contributed by atoms with E-state index in [2.05, 4.69) is 5.32 Å². The number of carbonyl (C=O) groups is 1. The van der Waals surface area contributed by atoms with Gasteiger partial charge in [-0.1, -0.05) is 36.4 Å². The third-order valence-electron chi connectivity index (χ3n) is 5.53. The van der Waals surface area contributed by atoms with Crippen LogP contribution in [0.25, 0.3) is 10.8 Å². The first-order chi connectivity index (χ1) is 14.9. The molecular weight excluding hydrogens is 412 g/mol. The standard InChI is InChI=1S/C24H26N2O4S/c1-18-8-11-22(31(28,29)26-13-4-5-14-26)17-23(18)24(27)25-12-15-30-21-10-9-19-6-2-3-7-20(19)16-21/h2-3,6-11,16-17H,4-5,12-15H2,1H3,(H,25,27). The number of sulfonamides is 1. The van der Waals surface area contributed by atoms with E-state index in [9.17, 15) is 13.2 Å².